The van der Waals surface area contributed by atoms with E-state index in [1.165, 1.54) is 16.9 Å². The van der Waals surface area contributed by atoms with Gasteiger partial charge in [0.15, 0.2) is 0 Å². The number of rotatable bonds is 5. The second-order valence-electron chi connectivity index (χ2n) is 5.17. The Labute approximate surface area is 144 Å². The Kier molecular flexibility index (Phi) is 5.05. The zero-order valence-corrected chi connectivity index (χ0v) is 14.2. The van der Waals surface area contributed by atoms with Crippen LogP contribution < -0.4 is 5.43 Å². The van der Waals surface area contributed by atoms with Crippen LogP contribution in [0.3, 0.4) is 0 Å². The number of halogens is 1. The molecule has 0 saturated heterocycles. The molecule has 0 fully saturated rings. The summed E-state index contributed by atoms with van der Waals surface area (Å²) in [5.74, 6) is 0. The van der Waals surface area contributed by atoms with Crippen LogP contribution >= 0.6 is 22.9 Å². The van der Waals surface area contributed by atoms with Crippen molar-refractivity contribution < 1.29 is 0 Å². The van der Waals surface area contributed by atoms with Crippen LogP contribution in [0.25, 0.3) is 11.3 Å². The summed E-state index contributed by atoms with van der Waals surface area (Å²) in [6, 6.07) is 17.9. The van der Waals surface area contributed by atoms with Gasteiger partial charge in [-0.15, -0.1) is 11.3 Å². The molecule has 3 rings (SSSR count). The van der Waals surface area contributed by atoms with Crippen LogP contribution in [0.4, 0.5) is 5.13 Å². The molecule has 0 amide bonds. The van der Waals surface area contributed by atoms with Crippen molar-refractivity contribution >= 4 is 33.8 Å². The Hall–Kier alpha value is -2.17. The molecule has 0 radical (unpaired) electrons. The van der Waals surface area contributed by atoms with E-state index in [0.717, 1.165) is 33.5 Å². The predicted octanol–water partition coefficient (Wildman–Crippen LogP) is 5.49. The summed E-state index contributed by atoms with van der Waals surface area (Å²) < 4.78 is 0. The largest absolute Gasteiger partial charge is 0.253 e. The summed E-state index contributed by atoms with van der Waals surface area (Å²) >= 11 is 7.44. The molecule has 3 aromatic rings. The van der Waals surface area contributed by atoms with Crippen molar-refractivity contribution in [3.8, 4) is 11.3 Å². The van der Waals surface area contributed by atoms with Crippen LogP contribution in [0.1, 0.15) is 12.5 Å². The molecular formula is C18H16ClN3S. The van der Waals surface area contributed by atoms with Crippen molar-refractivity contribution in [3.05, 3.63) is 70.6 Å². The van der Waals surface area contributed by atoms with E-state index in [1.54, 1.807) is 0 Å². The maximum Gasteiger partial charge on any atom is 0.203 e. The normalized spacial score (nSPS) is 11.5. The molecule has 0 aliphatic rings. The Morgan fingerprint density at radius 3 is 2.61 bits per heavy atom. The quantitative estimate of drug-likeness (QED) is 0.492. The number of aromatic nitrogens is 1. The number of benzene rings is 2. The van der Waals surface area contributed by atoms with Crippen LogP contribution in [-0.4, -0.2) is 10.7 Å². The standard InChI is InChI=1S/C18H16ClN3S/c1-13(11-14-5-3-2-4-6-14)21-22-18-20-17(12-23-18)15-7-9-16(19)10-8-15/h2-10,12H,11H2,1H3,(H,20,22)/b21-13+. The van der Waals surface area contributed by atoms with Gasteiger partial charge in [-0.05, 0) is 24.6 Å². The topological polar surface area (TPSA) is 37.3 Å². The SMILES string of the molecule is C/C(Cc1ccccc1)=N\Nc1nc(-c2ccc(Cl)cc2)cs1. The Balaban J connectivity index is 1.64. The number of anilines is 1. The van der Waals surface area contributed by atoms with Crippen molar-refractivity contribution in [2.45, 2.75) is 13.3 Å². The lowest BCUT2D eigenvalue weighted by Gasteiger charge is -2.01. The van der Waals surface area contributed by atoms with Crippen LogP contribution in [0.15, 0.2) is 65.1 Å². The zero-order chi connectivity index (χ0) is 16.1. The van der Waals surface area contributed by atoms with E-state index in [9.17, 15) is 0 Å². The van der Waals surface area contributed by atoms with Gasteiger partial charge >= 0.3 is 0 Å². The smallest absolute Gasteiger partial charge is 0.203 e. The van der Waals surface area contributed by atoms with E-state index in [2.05, 4.69) is 27.6 Å². The molecule has 0 unspecified atom stereocenters. The summed E-state index contributed by atoms with van der Waals surface area (Å²) in [5.41, 5.74) is 7.26. The highest BCUT2D eigenvalue weighted by atomic mass is 35.5. The first-order valence-corrected chi connectivity index (χ1v) is 8.51. The van der Waals surface area contributed by atoms with Gasteiger partial charge in [-0.25, -0.2) is 4.98 Å². The molecule has 23 heavy (non-hydrogen) atoms. The van der Waals surface area contributed by atoms with Gasteiger partial charge in [0.05, 0.1) is 5.69 Å². The minimum absolute atomic E-state index is 0.725. The Morgan fingerprint density at radius 1 is 1.13 bits per heavy atom. The Bertz CT molecular complexity index is 795. The molecule has 0 saturated carbocycles. The molecular weight excluding hydrogens is 326 g/mol. The molecule has 0 aliphatic carbocycles. The number of nitrogens with zero attached hydrogens (tertiary/aromatic N) is 2. The fraction of sp³-hybridized carbons (Fsp3) is 0.111. The third kappa shape index (κ3) is 4.41. The van der Waals surface area contributed by atoms with Crippen molar-refractivity contribution in [1.29, 1.82) is 0 Å². The van der Waals surface area contributed by atoms with Crippen molar-refractivity contribution in [2.75, 3.05) is 5.43 Å². The highest BCUT2D eigenvalue weighted by molar-refractivity contribution is 7.14. The van der Waals surface area contributed by atoms with Gasteiger partial charge in [-0.1, -0.05) is 54.1 Å². The van der Waals surface area contributed by atoms with Crippen LogP contribution in [0.2, 0.25) is 5.02 Å². The summed E-state index contributed by atoms with van der Waals surface area (Å²) in [4.78, 5) is 4.55. The average molecular weight is 342 g/mol. The van der Waals surface area contributed by atoms with Crippen molar-refractivity contribution in [3.63, 3.8) is 0 Å². The molecule has 1 aromatic heterocycles. The van der Waals surface area contributed by atoms with Gasteiger partial charge in [0, 0.05) is 28.1 Å². The third-order valence-electron chi connectivity index (χ3n) is 3.29. The molecule has 1 N–H and O–H groups in total. The first-order chi connectivity index (χ1) is 11.2. The van der Waals surface area contributed by atoms with Gasteiger partial charge in [0.1, 0.15) is 0 Å². The third-order valence-corrected chi connectivity index (χ3v) is 4.29. The van der Waals surface area contributed by atoms with E-state index in [0.29, 0.717) is 0 Å². The van der Waals surface area contributed by atoms with Gasteiger partial charge < -0.3 is 0 Å². The summed E-state index contributed by atoms with van der Waals surface area (Å²) in [6.07, 6.45) is 0.823. The number of hydrogen-bond acceptors (Lipinski definition) is 4. The fourth-order valence-corrected chi connectivity index (χ4v) is 2.94. The maximum absolute atomic E-state index is 5.91. The van der Waals surface area contributed by atoms with E-state index < -0.39 is 0 Å². The molecule has 1 heterocycles. The lowest BCUT2D eigenvalue weighted by atomic mass is 10.1. The summed E-state index contributed by atoms with van der Waals surface area (Å²) in [6.45, 7) is 2.01. The molecule has 2 aromatic carbocycles. The molecule has 0 spiro atoms. The van der Waals surface area contributed by atoms with Crippen molar-refractivity contribution in [1.82, 2.24) is 4.98 Å². The lowest BCUT2D eigenvalue weighted by Crippen LogP contribution is -2.01. The molecule has 3 nitrogen and oxygen atoms in total. The van der Waals surface area contributed by atoms with Gasteiger partial charge in [-0.3, -0.25) is 5.43 Å². The number of hydrogen-bond donors (Lipinski definition) is 1. The van der Waals surface area contributed by atoms with Crippen LogP contribution in [0, 0.1) is 0 Å². The van der Waals surface area contributed by atoms with E-state index in [1.807, 2.05) is 54.8 Å². The van der Waals surface area contributed by atoms with Gasteiger partial charge in [0.2, 0.25) is 5.13 Å². The van der Waals surface area contributed by atoms with E-state index in [4.69, 9.17) is 11.6 Å². The van der Waals surface area contributed by atoms with E-state index in [-0.39, 0.29) is 0 Å². The monoisotopic (exact) mass is 341 g/mol. The summed E-state index contributed by atoms with van der Waals surface area (Å²) in [7, 11) is 0. The molecule has 5 heteroatoms. The van der Waals surface area contributed by atoms with Crippen molar-refractivity contribution in [2.24, 2.45) is 5.10 Å². The minimum atomic E-state index is 0.725. The first-order valence-electron chi connectivity index (χ1n) is 7.25. The summed E-state index contributed by atoms with van der Waals surface area (Å²) in [5, 5.41) is 7.92. The molecule has 0 aliphatic heterocycles. The number of nitrogens with one attached hydrogen (secondary N) is 1. The minimum Gasteiger partial charge on any atom is -0.253 e. The highest BCUT2D eigenvalue weighted by Crippen LogP contribution is 2.25. The van der Waals surface area contributed by atoms with Gasteiger partial charge in [-0.2, -0.15) is 5.10 Å². The Morgan fingerprint density at radius 2 is 1.87 bits per heavy atom. The average Bonchev–Trinajstić information content (AvgIpc) is 3.04. The number of thiazole rings is 1. The van der Waals surface area contributed by atoms with Crippen LogP contribution in [-0.2, 0) is 6.42 Å². The van der Waals surface area contributed by atoms with E-state index >= 15 is 0 Å². The fourth-order valence-electron chi connectivity index (χ4n) is 2.15. The van der Waals surface area contributed by atoms with Crippen LogP contribution in [0.5, 0.6) is 0 Å². The second-order valence-corrected chi connectivity index (χ2v) is 6.46. The molecule has 116 valence electrons. The first kappa shape index (κ1) is 15.7. The lowest BCUT2D eigenvalue weighted by molar-refractivity contribution is 1.22. The zero-order valence-electron chi connectivity index (χ0n) is 12.7. The highest BCUT2D eigenvalue weighted by Gasteiger charge is 2.04. The maximum atomic E-state index is 5.91. The molecule has 0 atom stereocenters. The number of hydrazone groups is 1. The molecule has 0 bridgehead atoms. The predicted molar refractivity (Wildman–Crippen MR) is 99.4 cm³/mol. The van der Waals surface area contributed by atoms with Gasteiger partial charge in [0.25, 0.3) is 0 Å². The second kappa shape index (κ2) is 7.40.